The monoisotopic (exact) mass is 613 g/mol. The molecule has 6 rings (SSSR count). The molecule has 3 N–H and O–H groups in total. The number of fused-ring (bicyclic) bond motifs is 1. The summed E-state index contributed by atoms with van der Waals surface area (Å²) in [4.78, 5) is 23.2. The molecule has 15 heteroatoms. The molecule has 2 aliphatic heterocycles. The van der Waals surface area contributed by atoms with E-state index in [0.717, 1.165) is 23.3 Å². The van der Waals surface area contributed by atoms with Crippen molar-refractivity contribution >= 4 is 22.3 Å². The van der Waals surface area contributed by atoms with Gasteiger partial charge in [0.15, 0.2) is 0 Å². The zero-order valence-corrected chi connectivity index (χ0v) is 25.5. The van der Waals surface area contributed by atoms with Gasteiger partial charge in [0.25, 0.3) is 0 Å². The number of ether oxygens (including phenoxy) is 2. The first kappa shape index (κ1) is 29.6. The summed E-state index contributed by atoms with van der Waals surface area (Å²) in [7, 11) is 1.87. The van der Waals surface area contributed by atoms with Gasteiger partial charge in [-0.1, -0.05) is 5.16 Å². The number of aliphatic hydroxyl groups is 1. The van der Waals surface area contributed by atoms with E-state index in [9.17, 15) is 14.8 Å². The van der Waals surface area contributed by atoms with Gasteiger partial charge in [0.2, 0.25) is 23.5 Å². The molecule has 0 amide bonds. The van der Waals surface area contributed by atoms with Gasteiger partial charge in [-0.25, -0.2) is 4.39 Å². The van der Waals surface area contributed by atoms with E-state index in [1.807, 2.05) is 18.9 Å². The lowest BCUT2D eigenvalue weighted by atomic mass is 9.72. The first-order chi connectivity index (χ1) is 20.5. The van der Waals surface area contributed by atoms with Crippen LogP contribution in [-0.4, -0.2) is 98.9 Å². The average molecular weight is 614 g/mol. The van der Waals surface area contributed by atoms with Gasteiger partial charge in [0.1, 0.15) is 28.9 Å². The number of likely N-dealkylation sites (tertiary alicyclic amines) is 1. The standard InChI is InChI=1S/C28H36FN9O4S/c1-15(20-17(29)7-9-37(20)4)41-26-34-22(33-25(35-26)38-10-11-40-14-27(2,39)13-38)23-32-24(42-36-23)28(3)8-5-6-18-19(28)16(12-30)21(31)43-18/h15,17,20,39H,5-11,13-14,31H2,1-4H3/t15?,17-,20-,27+,28+/m1/s1. The van der Waals surface area contributed by atoms with Crippen LogP contribution in [0, 0.1) is 11.3 Å². The predicted octanol–water partition coefficient (Wildman–Crippen LogP) is 2.48. The summed E-state index contributed by atoms with van der Waals surface area (Å²) >= 11 is 1.43. The Kier molecular flexibility index (Phi) is 7.74. The molecule has 3 aromatic heterocycles. The summed E-state index contributed by atoms with van der Waals surface area (Å²) < 4.78 is 32.3. The van der Waals surface area contributed by atoms with Crippen LogP contribution < -0.4 is 15.4 Å². The van der Waals surface area contributed by atoms with Crippen molar-refractivity contribution in [1.82, 2.24) is 30.0 Å². The maximum Gasteiger partial charge on any atom is 0.322 e. The highest BCUT2D eigenvalue weighted by molar-refractivity contribution is 7.16. The number of aryl methyl sites for hydroxylation is 1. The lowest BCUT2D eigenvalue weighted by Gasteiger charge is -2.30. The number of alkyl halides is 1. The lowest BCUT2D eigenvalue weighted by Crippen LogP contribution is -2.43. The van der Waals surface area contributed by atoms with Crippen LogP contribution in [-0.2, 0) is 16.6 Å². The highest BCUT2D eigenvalue weighted by atomic mass is 32.1. The van der Waals surface area contributed by atoms with E-state index < -0.39 is 29.3 Å². The molecule has 13 nitrogen and oxygen atoms in total. The minimum atomic E-state index is -1.14. The number of hydrogen-bond acceptors (Lipinski definition) is 14. The van der Waals surface area contributed by atoms with Crippen molar-refractivity contribution in [2.24, 2.45) is 0 Å². The van der Waals surface area contributed by atoms with Gasteiger partial charge in [0.05, 0.1) is 36.8 Å². The third-order valence-corrected chi connectivity index (χ3v) is 9.67. The number of anilines is 2. The minimum absolute atomic E-state index is 0.0142. The zero-order valence-electron chi connectivity index (χ0n) is 24.7. The molecule has 0 bridgehead atoms. The quantitative estimate of drug-likeness (QED) is 0.416. The minimum Gasteiger partial charge on any atom is -0.459 e. The highest BCUT2D eigenvalue weighted by Gasteiger charge is 2.43. The Bertz CT molecular complexity index is 1530. The number of likely N-dealkylation sites (N-methyl/N-ethyl adjacent to an activating group) is 1. The zero-order chi connectivity index (χ0) is 30.5. The molecule has 5 heterocycles. The number of β-amino-alcohol motifs (C(OH)–C–C–N with tert-alkyl or cyclic N) is 1. The largest absolute Gasteiger partial charge is 0.459 e. The molecule has 1 aliphatic carbocycles. The molecule has 0 aromatic carbocycles. The molecule has 5 atom stereocenters. The summed E-state index contributed by atoms with van der Waals surface area (Å²) in [5.41, 5.74) is 5.62. The fourth-order valence-electron chi connectivity index (χ4n) is 6.47. The van der Waals surface area contributed by atoms with Crippen LogP contribution in [0.4, 0.5) is 15.3 Å². The summed E-state index contributed by atoms with van der Waals surface area (Å²) in [6.45, 7) is 7.24. The van der Waals surface area contributed by atoms with Crippen molar-refractivity contribution in [3.05, 3.63) is 21.9 Å². The average Bonchev–Trinajstić information content (AvgIpc) is 3.64. The molecule has 2 fully saturated rings. The lowest BCUT2D eigenvalue weighted by molar-refractivity contribution is -0.0123. The number of nitriles is 1. The van der Waals surface area contributed by atoms with Crippen molar-refractivity contribution in [3.63, 3.8) is 0 Å². The Balaban J connectivity index is 1.38. The molecule has 0 spiro atoms. The van der Waals surface area contributed by atoms with Gasteiger partial charge >= 0.3 is 6.01 Å². The third-order valence-electron chi connectivity index (χ3n) is 8.60. The first-order valence-corrected chi connectivity index (χ1v) is 15.3. The van der Waals surface area contributed by atoms with Crippen molar-refractivity contribution < 1.29 is 23.5 Å². The Morgan fingerprint density at radius 3 is 2.79 bits per heavy atom. The molecule has 230 valence electrons. The van der Waals surface area contributed by atoms with Gasteiger partial charge in [0, 0.05) is 23.5 Å². The molecule has 2 saturated heterocycles. The van der Waals surface area contributed by atoms with Crippen molar-refractivity contribution in [3.8, 4) is 23.7 Å². The van der Waals surface area contributed by atoms with Crippen LogP contribution in [0.5, 0.6) is 6.01 Å². The number of halogens is 1. The Morgan fingerprint density at radius 1 is 1.23 bits per heavy atom. The first-order valence-electron chi connectivity index (χ1n) is 14.5. The summed E-state index contributed by atoms with van der Waals surface area (Å²) in [6.07, 6.45) is 1.24. The number of rotatable bonds is 6. The van der Waals surface area contributed by atoms with Crippen molar-refractivity contribution in [1.29, 1.82) is 5.26 Å². The Morgan fingerprint density at radius 2 is 2.05 bits per heavy atom. The number of thiophene rings is 1. The van der Waals surface area contributed by atoms with Crippen LogP contribution >= 0.6 is 11.3 Å². The number of nitrogen functional groups attached to an aromatic ring is 1. The van der Waals surface area contributed by atoms with E-state index in [1.54, 1.807) is 18.7 Å². The molecule has 3 aliphatic rings. The topological polar surface area (TPSA) is 173 Å². The number of hydrogen-bond donors (Lipinski definition) is 2. The van der Waals surface area contributed by atoms with Gasteiger partial charge in [-0.05, 0) is 53.5 Å². The second kappa shape index (κ2) is 11.2. The summed E-state index contributed by atoms with van der Waals surface area (Å²) in [6, 6.07) is 1.79. The number of aromatic nitrogens is 5. The van der Waals surface area contributed by atoms with Gasteiger partial charge in [-0.15, -0.1) is 11.3 Å². The van der Waals surface area contributed by atoms with Crippen LogP contribution in [0.15, 0.2) is 4.52 Å². The second-order valence-electron chi connectivity index (χ2n) is 12.2. The fourth-order valence-corrected chi connectivity index (χ4v) is 7.66. The molecular weight excluding hydrogens is 577 g/mol. The SMILES string of the molecule is CC(Oc1nc(-c2noc([C@@]3(C)CCCc4sc(N)c(C#N)c43)n2)nc(N2CCOC[C@@](C)(O)C2)n1)[C@@H]1[C@H](F)CCN1C. The van der Waals surface area contributed by atoms with Gasteiger partial charge in [-0.2, -0.15) is 25.2 Å². The highest BCUT2D eigenvalue weighted by Crippen LogP contribution is 2.48. The van der Waals surface area contributed by atoms with Crippen molar-refractivity contribution in [2.45, 2.75) is 75.8 Å². The van der Waals surface area contributed by atoms with E-state index in [4.69, 9.17) is 24.7 Å². The van der Waals surface area contributed by atoms with E-state index in [-0.39, 0.29) is 36.8 Å². The summed E-state index contributed by atoms with van der Waals surface area (Å²) in [5, 5.41) is 25.4. The Labute approximate surface area is 252 Å². The number of nitrogens with two attached hydrogens (primary N) is 1. The molecule has 43 heavy (non-hydrogen) atoms. The van der Waals surface area contributed by atoms with Crippen LogP contribution in [0.25, 0.3) is 11.6 Å². The fraction of sp³-hybridized carbons (Fsp3) is 0.643. The number of nitrogens with zero attached hydrogens (tertiary/aromatic N) is 8. The second-order valence-corrected chi connectivity index (χ2v) is 13.3. The van der Waals surface area contributed by atoms with E-state index in [1.165, 1.54) is 11.3 Å². The maximum absolute atomic E-state index is 14.7. The molecule has 3 aromatic rings. The van der Waals surface area contributed by atoms with E-state index in [2.05, 4.69) is 26.2 Å². The van der Waals surface area contributed by atoms with Crippen LogP contribution in [0.2, 0.25) is 0 Å². The molecule has 1 unspecified atom stereocenters. The van der Waals surface area contributed by atoms with E-state index in [0.29, 0.717) is 49.0 Å². The van der Waals surface area contributed by atoms with Gasteiger partial charge in [-0.3, -0.25) is 4.90 Å². The molecule has 0 radical (unpaired) electrons. The normalized spacial score (nSPS) is 28.7. The third kappa shape index (κ3) is 5.52. The van der Waals surface area contributed by atoms with Crippen LogP contribution in [0.1, 0.15) is 61.9 Å². The van der Waals surface area contributed by atoms with Gasteiger partial charge < -0.3 is 29.7 Å². The molecule has 0 saturated carbocycles. The van der Waals surface area contributed by atoms with Crippen LogP contribution in [0.3, 0.4) is 0 Å². The smallest absolute Gasteiger partial charge is 0.322 e. The summed E-state index contributed by atoms with van der Waals surface area (Å²) in [5.74, 6) is 0.790. The Hall–Kier alpha value is -3.45. The van der Waals surface area contributed by atoms with E-state index >= 15 is 0 Å². The maximum atomic E-state index is 14.7. The molecular formula is C28H36FN9O4S. The predicted molar refractivity (Wildman–Crippen MR) is 156 cm³/mol. The van der Waals surface area contributed by atoms with Crippen molar-refractivity contribution in [2.75, 3.05) is 50.5 Å².